The smallest absolute Gasteiger partial charge is 0.268 e. The van der Waals surface area contributed by atoms with E-state index in [2.05, 4.69) is 5.32 Å². The lowest BCUT2D eigenvalue weighted by Crippen LogP contribution is -2.38. The first-order chi connectivity index (χ1) is 15.1. The van der Waals surface area contributed by atoms with Gasteiger partial charge in [0.25, 0.3) is 10.0 Å². The van der Waals surface area contributed by atoms with Crippen molar-refractivity contribution in [3.63, 3.8) is 0 Å². The zero-order chi connectivity index (χ0) is 23.5. The summed E-state index contributed by atoms with van der Waals surface area (Å²) in [6.45, 7) is 2.94. The molecular weight excluding hydrogens is 438 g/mol. The second-order valence-corrected chi connectivity index (χ2v) is 9.00. The van der Waals surface area contributed by atoms with Crippen LogP contribution in [0.15, 0.2) is 65.6 Å². The standard InChI is InChI=1S/C23H22F2N2O4S/c1-15-4-8-18(9-5-15)27(14-23(28)26-20-10-7-17(24)13-19(20)25)32(29,30)22-12-16(2)6-11-21(22)31-3/h4-13H,14H2,1-3H3,(H,26,28). The van der Waals surface area contributed by atoms with Gasteiger partial charge in [0.15, 0.2) is 0 Å². The lowest BCUT2D eigenvalue weighted by Gasteiger charge is -2.25. The molecule has 0 aliphatic rings. The molecule has 1 N–H and O–H groups in total. The van der Waals surface area contributed by atoms with Crippen LogP contribution < -0.4 is 14.4 Å². The predicted molar refractivity (Wildman–Crippen MR) is 118 cm³/mol. The largest absolute Gasteiger partial charge is 0.495 e. The number of nitrogens with one attached hydrogen (secondary N) is 1. The second-order valence-electron chi connectivity index (χ2n) is 7.17. The summed E-state index contributed by atoms with van der Waals surface area (Å²) in [5, 5.41) is 2.29. The van der Waals surface area contributed by atoms with Gasteiger partial charge in [0.2, 0.25) is 5.91 Å². The lowest BCUT2D eigenvalue weighted by atomic mass is 10.2. The van der Waals surface area contributed by atoms with E-state index in [4.69, 9.17) is 4.74 Å². The molecule has 0 unspecified atom stereocenters. The molecule has 3 aromatic rings. The Bertz CT molecular complexity index is 1250. The molecule has 6 nitrogen and oxygen atoms in total. The highest BCUT2D eigenvalue weighted by atomic mass is 32.2. The molecule has 0 radical (unpaired) electrons. The van der Waals surface area contributed by atoms with Gasteiger partial charge in [-0.2, -0.15) is 0 Å². The molecule has 1 amide bonds. The zero-order valence-electron chi connectivity index (χ0n) is 17.7. The van der Waals surface area contributed by atoms with Crippen molar-refractivity contribution in [1.82, 2.24) is 0 Å². The quantitative estimate of drug-likeness (QED) is 0.566. The van der Waals surface area contributed by atoms with Gasteiger partial charge >= 0.3 is 0 Å². The molecule has 0 saturated carbocycles. The molecule has 168 valence electrons. The summed E-state index contributed by atoms with van der Waals surface area (Å²) in [6.07, 6.45) is 0. The molecule has 0 heterocycles. The third kappa shape index (κ3) is 5.05. The minimum absolute atomic E-state index is 0.110. The van der Waals surface area contributed by atoms with E-state index < -0.39 is 34.1 Å². The Morgan fingerprint density at radius 1 is 0.969 bits per heavy atom. The van der Waals surface area contributed by atoms with Gasteiger partial charge in [-0.3, -0.25) is 9.10 Å². The summed E-state index contributed by atoms with van der Waals surface area (Å²) in [4.78, 5) is 12.6. The first kappa shape index (κ1) is 23.2. The summed E-state index contributed by atoms with van der Waals surface area (Å²) in [5.41, 5.74) is 1.57. The topological polar surface area (TPSA) is 75.7 Å². The van der Waals surface area contributed by atoms with Gasteiger partial charge in [-0.25, -0.2) is 17.2 Å². The molecule has 32 heavy (non-hydrogen) atoms. The van der Waals surface area contributed by atoms with Gasteiger partial charge in [0.1, 0.15) is 28.8 Å². The molecule has 3 rings (SSSR count). The van der Waals surface area contributed by atoms with Crippen LogP contribution in [0.5, 0.6) is 5.75 Å². The van der Waals surface area contributed by atoms with E-state index in [9.17, 15) is 22.0 Å². The Kier molecular flexibility index (Phi) is 6.78. The molecule has 0 fully saturated rings. The number of hydrogen-bond acceptors (Lipinski definition) is 4. The number of sulfonamides is 1. The van der Waals surface area contributed by atoms with Crippen LogP contribution in [0.2, 0.25) is 0 Å². The maximum absolute atomic E-state index is 14.0. The van der Waals surface area contributed by atoms with Crippen LogP contribution in [-0.2, 0) is 14.8 Å². The van der Waals surface area contributed by atoms with Gasteiger partial charge in [0.05, 0.1) is 18.5 Å². The molecule has 0 aliphatic heterocycles. The summed E-state index contributed by atoms with van der Waals surface area (Å²) in [6, 6.07) is 13.9. The highest BCUT2D eigenvalue weighted by molar-refractivity contribution is 7.93. The van der Waals surface area contributed by atoms with Crippen molar-refractivity contribution in [2.24, 2.45) is 0 Å². The van der Waals surface area contributed by atoms with Crippen molar-refractivity contribution >= 4 is 27.3 Å². The number of rotatable bonds is 7. The van der Waals surface area contributed by atoms with E-state index in [1.54, 1.807) is 37.3 Å². The van der Waals surface area contributed by atoms with E-state index in [0.29, 0.717) is 11.6 Å². The van der Waals surface area contributed by atoms with E-state index in [1.807, 2.05) is 6.92 Å². The van der Waals surface area contributed by atoms with Crippen LogP contribution in [0.3, 0.4) is 0 Å². The van der Waals surface area contributed by atoms with Crippen molar-refractivity contribution in [3.05, 3.63) is 83.4 Å². The fraction of sp³-hybridized carbons (Fsp3) is 0.174. The normalized spacial score (nSPS) is 11.2. The Hall–Kier alpha value is -3.46. The summed E-state index contributed by atoms with van der Waals surface area (Å²) < 4.78 is 60.4. The van der Waals surface area contributed by atoms with Crippen molar-refractivity contribution < 1.29 is 26.7 Å². The predicted octanol–water partition coefficient (Wildman–Crippen LogP) is 4.42. The van der Waals surface area contributed by atoms with E-state index in [0.717, 1.165) is 22.0 Å². The Morgan fingerprint density at radius 2 is 1.62 bits per heavy atom. The number of hydrogen-bond donors (Lipinski definition) is 1. The number of carbonyl (C=O) groups excluding carboxylic acids is 1. The number of amides is 1. The average Bonchev–Trinajstić information content (AvgIpc) is 2.74. The Labute approximate surface area is 185 Å². The van der Waals surface area contributed by atoms with E-state index >= 15 is 0 Å². The van der Waals surface area contributed by atoms with Crippen LogP contribution in [0, 0.1) is 25.5 Å². The van der Waals surface area contributed by atoms with Crippen LogP contribution in [0.1, 0.15) is 11.1 Å². The first-order valence-corrected chi connectivity index (χ1v) is 11.0. The minimum Gasteiger partial charge on any atom is -0.495 e. The van der Waals surface area contributed by atoms with Crippen molar-refractivity contribution in [1.29, 1.82) is 0 Å². The van der Waals surface area contributed by atoms with E-state index in [-0.39, 0.29) is 22.0 Å². The van der Waals surface area contributed by atoms with Crippen LogP contribution in [0.25, 0.3) is 0 Å². The van der Waals surface area contributed by atoms with Crippen molar-refractivity contribution in [3.8, 4) is 5.75 Å². The number of methoxy groups -OCH3 is 1. The van der Waals surface area contributed by atoms with Crippen LogP contribution in [-0.4, -0.2) is 28.0 Å². The van der Waals surface area contributed by atoms with Crippen molar-refractivity contribution in [2.75, 3.05) is 23.3 Å². The Morgan fingerprint density at radius 3 is 2.25 bits per heavy atom. The molecule has 0 bridgehead atoms. The number of anilines is 2. The van der Waals surface area contributed by atoms with Crippen LogP contribution >= 0.6 is 0 Å². The monoisotopic (exact) mass is 460 g/mol. The maximum Gasteiger partial charge on any atom is 0.268 e. The highest BCUT2D eigenvalue weighted by Gasteiger charge is 2.30. The molecule has 3 aromatic carbocycles. The van der Waals surface area contributed by atoms with Gasteiger partial charge in [-0.15, -0.1) is 0 Å². The fourth-order valence-corrected chi connectivity index (χ4v) is 4.71. The SMILES string of the molecule is COc1ccc(C)cc1S(=O)(=O)N(CC(=O)Nc1ccc(F)cc1F)c1ccc(C)cc1. The Balaban J connectivity index is 2.02. The molecule has 0 atom stereocenters. The molecule has 0 aromatic heterocycles. The average molecular weight is 461 g/mol. The molecule has 0 spiro atoms. The van der Waals surface area contributed by atoms with Gasteiger partial charge < -0.3 is 10.1 Å². The van der Waals surface area contributed by atoms with E-state index in [1.165, 1.54) is 19.2 Å². The maximum atomic E-state index is 14.0. The fourth-order valence-electron chi connectivity index (χ4n) is 3.04. The zero-order valence-corrected chi connectivity index (χ0v) is 18.5. The minimum atomic E-state index is -4.24. The van der Waals surface area contributed by atoms with Gasteiger partial charge in [-0.05, 0) is 55.8 Å². The molecule has 9 heteroatoms. The van der Waals surface area contributed by atoms with Crippen LogP contribution in [0.4, 0.5) is 20.2 Å². The first-order valence-electron chi connectivity index (χ1n) is 9.61. The number of nitrogens with zero attached hydrogens (tertiary/aromatic N) is 1. The summed E-state index contributed by atoms with van der Waals surface area (Å²) in [7, 11) is -2.89. The molecule has 0 saturated heterocycles. The van der Waals surface area contributed by atoms with Crippen molar-refractivity contribution in [2.45, 2.75) is 18.7 Å². The number of halogens is 2. The van der Waals surface area contributed by atoms with Gasteiger partial charge in [-0.1, -0.05) is 23.8 Å². The lowest BCUT2D eigenvalue weighted by molar-refractivity contribution is -0.114. The van der Waals surface area contributed by atoms with Gasteiger partial charge in [0, 0.05) is 6.07 Å². The third-order valence-corrected chi connectivity index (χ3v) is 6.50. The summed E-state index contributed by atoms with van der Waals surface area (Å²) >= 11 is 0. The number of carbonyl (C=O) groups is 1. The highest BCUT2D eigenvalue weighted by Crippen LogP contribution is 2.31. The number of aryl methyl sites for hydroxylation is 2. The summed E-state index contributed by atoms with van der Waals surface area (Å²) in [5.74, 6) is -2.44. The molecular formula is C23H22F2N2O4S. The number of benzene rings is 3. The number of ether oxygens (including phenoxy) is 1. The molecule has 0 aliphatic carbocycles. The third-order valence-electron chi connectivity index (χ3n) is 4.70. The second kappa shape index (κ2) is 9.35.